The maximum Gasteiger partial charge on any atom is 0.146 e. The van der Waals surface area contributed by atoms with Crippen LogP contribution in [0.1, 0.15) is 51.1 Å². The van der Waals surface area contributed by atoms with Crippen molar-refractivity contribution in [2.75, 3.05) is 31.1 Å². The number of hydrogen-bond acceptors (Lipinski definition) is 3. The summed E-state index contributed by atoms with van der Waals surface area (Å²) in [7, 11) is 0. The normalized spacial score (nSPS) is 18.3. The third-order valence-corrected chi connectivity index (χ3v) is 4.56. The second-order valence-electron chi connectivity index (χ2n) is 6.51. The summed E-state index contributed by atoms with van der Waals surface area (Å²) in [6.45, 7) is 7.14. The van der Waals surface area contributed by atoms with Crippen LogP contribution in [-0.2, 0) is 0 Å². The van der Waals surface area contributed by atoms with Crippen molar-refractivity contribution in [2.24, 2.45) is 5.92 Å². The van der Waals surface area contributed by atoms with Crippen LogP contribution in [0.4, 0.5) is 10.1 Å². The lowest BCUT2D eigenvalue weighted by Gasteiger charge is -2.29. The number of anilines is 1. The van der Waals surface area contributed by atoms with E-state index in [2.05, 4.69) is 24.1 Å². The van der Waals surface area contributed by atoms with Crippen LogP contribution in [0, 0.1) is 11.7 Å². The molecule has 2 atom stereocenters. The Balaban J connectivity index is 1.95. The zero-order valence-electron chi connectivity index (χ0n) is 13.8. The van der Waals surface area contributed by atoms with Crippen molar-refractivity contribution in [3.8, 4) is 0 Å². The molecule has 0 radical (unpaired) electrons. The SMILES string of the molecule is CC(CCO)CNC(C)c1ccc(N2CCCCC2)c(F)c1. The van der Waals surface area contributed by atoms with Gasteiger partial charge in [-0.3, -0.25) is 0 Å². The molecule has 1 aromatic carbocycles. The molecule has 1 aromatic rings. The number of aliphatic hydroxyl groups is 1. The van der Waals surface area contributed by atoms with E-state index >= 15 is 0 Å². The van der Waals surface area contributed by atoms with Crippen molar-refractivity contribution in [3.05, 3.63) is 29.6 Å². The summed E-state index contributed by atoms with van der Waals surface area (Å²) >= 11 is 0. The number of hydrogen-bond donors (Lipinski definition) is 2. The quantitative estimate of drug-likeness (QED) is 0.809. The Hall–Kier alpha value is -1.13. The first-order valence-electron chi connectivity index (χ1n) is 8.50. The molecule has 0 aromatic heterocycles. The fraction of sp³-hybridized carbons (Fsp3) is 0.667. The molecule has 0 amide bonds. The molecule has 22 heavy (non-hydrogen) atoms. The van der Waals surface area contributed by atoms with Crippen molar-refractivity contribution in [2.45, 2.75) is 45.6 Å². The number of benzene rings is 1. The van der Waals surface area contributed by atoms with E-state index in [0.29, 0.717) is 5.92 Å². The van der Waals surface area contributed by atoms with Crippen LogP contribution >= 0.6 is 0 Å². The molecular formula is C18H29FN2O. The van der Waals surface area contributed by atoms with E-state index < -0.39 is 0 Å². The minimum absolute atomic E-state index is 0.114. The molecule has 1 aliphatic heterocycles. The Morgan fingerprint density at radius 1 is 1.23 bits per heavy atom. The minimum atomic E-state index is -0.114. The molecule has 0 saturated carbocycles. The van der Waals surface area contributed by atoms with E-state index in [1.807, 2.05) is 12.1 Å². The van der Waals surface area contributed by atoms with Gasteiger partial charge in [0.15, 0.2) is 0 Å². The summed E-state index contributed by atoms with van der Waals surface area (Å²) in [6, 6.07) is 5.73. The summed E-state index contributed by atoms with van der Waals surface area (Å²) in [4.78, 5) is 2.16. The number of nitrogens with zero attached hydrogens (tertiary/aromatic N) is 1. The van der Waals surface area contributed by atoms with E-state index in [-0.39, 0.29) is 18.5 Å². The van der Waals surface area contributed by atoms with Crippen LogP contribution in [0.2, 0.25) is 0 Å². The minimum Gasteiger partial charge on any atom is -0.396 e. The number of nitrogens with one attached hydrogen (secondary N) is 1. The molecule has 0 bridgehead atoms. The molecule has 3 nitrogen and oxygen atoms in total. The Kier molecular flexibility index (Phi) is 6.65. The van der Waals surface area contributed by atoms with E-state index in [0.717, 1.165) is 50.1 Å². The lowest BCUT2D eigenvalue weighted by molar-refractivity contribution is 0.258. The third kappa shape index (κ3) is 4.68. The molecule has 0 aliphatic carbocycles. The molecule has 1 fully saturated rings. The van der Waals surface area contributed by atoms with E-state index in [9.17, 15) is 4.39 Å². The monoisotopic (exact) mass is 308 g/mol. The predicted octanol–water partition coefficient (Wildman–Crippen LogP) is 3.49. The van der Waals surface area contributed by atoms with Crippen molar-refractivity contribution >= 4 is 5.69 Å². The van der Waals surface area contributed by atoms with Gasteiger partial charge in [0.25, 0.3) is 0 Å². The van der Waals surface area contributed by atoms with Gasteiger partial charge >= 0.3 is 0 Å². The zero-order valence-corrected chi connectivity index (χ0v) is 13.8. The zero-order chi connectivity index (χ0) is 15.9. The topological polar surface area (TPSA) is 35.5 Å². The van der Waals surface area contributed by atoms with Crippen LogP contribution < -0.4 is 10.2 Å². The fourth-order valence-corrected chi connectivity index (χ4v) is 3.00. The first-order chi connectivity index (χ1) is 10.6. The second kappa shape index (κ2) is 8.49. The average Bonchev–Trinajstić information content (AvgIpc) is 2.53. The summed E-state index contributed by atoms with van der Waals surface area (Å²) in [6.07, 6.45) is 4.36. The molecule has 1 aliphatic rings. The predicted molar refractivity (Wildman–Crippen MR) is 89.7 cm³/mol. The smallest absolute Gasteiger partial charge is 0.146 e. The summed E-state index contributed by atoms with van der Waals surface area (Å²) < 4.78 is 14.4. The number of halogens is 1. The number of piperidine rings is 1. The third-order valence-electron chi connectivity index (χ3n) is 4.56. The Morgan fingerprint density at radius 3 is 2.59 bits per heavy atom. The van der Waals surface area contributed by atoms with E-state index in [1.165, 1.54) is 6.42 Å². The standard InChI is InChI=1S/C18H29FN2O/c1-14(8-11-22)13-20-15(2)16-6-7-18(17(19)12-16)21-9-4-3-5-10-21/h6-7,12,14-15,20,22H,3-5,8-11,13H2,1-2H3. The molecule has 1 heterocycles. The van der Waals surface area contributed by atoms with Gasteiger partial charge in [0.05, 0.1) is 5.69 Å². The van der Waals surface area contributed by atoms with E-state index in [1.54, 1.807) is 6.07 Å². The maximum absolute atomic E-state index is 14.4. The molecule has 2 rings (SSSR count). The van der Waals surface area contributed by atoms with Gasteiger partial charge < -0.3 is 15.3 Å². The lowest BCUT2D eigenvalue weighted by atomic mass is 10.0. The van der Waals surface area contributed by atoms with Crippen LogP contribution in [-0.4, -0.2) is 31.3 Å². The molecule has 4 heteroatoms. The van der Waals surface area contributed by atoms with Crippen molar-refractivity contribution in [1.82, 2.24) is 5.32 Å². The van der Waals surface area contributed by atoms with Crippen molar-refractivity contribution < 1.29 is 9.50 Å². The Morgan fingerprint density at radius 2 is 1.95 bits per heavy atom. The molecule has 2 N–H and O–H groups in total. The van der Waals surface area contributed by atoms with Crippen LogP contribution in [0.5, 0.6) is 0 Å². The first-order valence-corrected chi connectivity index (χ1v) is 8.50. The largest absolute Gasteiger partial charge is 0.396 e. The highest BCUT2D eigenvalue weighted by molar-refractivity contribution is 5.49. The first kappa shape index (κ1) is 17.2. The van der Waals surface area contributed by atoms with Crippen LogP contribution in [0.25, 0.3) is 0 Å². The Bertz CT molecular complexity index is 460. The lowest BCUT2D eigenvalue weighted by Crippen LogP contribution is -2.30. The summed E-state index contributed by atoms with van der Waals surface area (Å²) in [5.74, 6) is 0.307. The van der Waals surface area contributed by atoms with Crippen LogP contribution in [0.15, 0.2) is 18.2 Å². The highest BCUT2D eigenvalue weighted by atomic mass is 19.1. The highest BCUT2D eigenvalue weighted by Crippen LogP contribution is 2.26. The van der Waals surface area contributed by atoms with Gasteiger partial charge in [-0.25, -0.2) is 4.39 Å². The van der Waals surface area contributed by atoms with Gasteiger partial charge in [0, 0.05) is 25.7 Å². The average molecular weight is 308 g/mol. The molecular weight excluding hydrogens is 279 g/mol. The van der Waals surface area contributed by atoms with Gasteiger partial charge in [0.2, 0.25) is 0 Å². The van der Waals surface area contributed by atoms with Gasteiger partial charge in [-0.2, -0.15) is 0 Å². The van der Waals surface area contributed by atoms with Crippen molar-refractivity contribution in [1.29, 1.82) is 0 Å². The summed E-state index contributed by atoms with van der Waals surface area (Å²) in [5.41, 5.74) is 1.72. The van der Waals surface area contributed by atoms with Gasteiger partial charge in [-0.1, -0.05) is 13.0 Å². The van der Waals surface area contributed by atoms with Crippen molar-refractivity contribution in [3.63, 3.8) is 0 Å². The number of aliphatic hydroxyl groups excluding tert-OH is 1. The molecule has 124 valence electrons. The summed E-state index contributed by atoms with van der Waals surface area (Å²) in [5, 5.41) is 12.3. The second-order valence-corrected chi connectivity index (χ2v) is 6.51. The molecule has 2 unspecified atom stereocenters. The highest BCUT2D eigenvalue weighted by Gasteiger charge is 2.16. The Labute approximate surface area is 133 Å². The maximum atomic E-state index is 14.4. The van der Waals surface area contributed by atoms with E-state index in [4.69, 9.17) is 5.11 Å². The van der Waals surface area contributed by atoms with Gasteiger partial charge in [-0.05, 0) is 62.8 Å². The fourth-order valence-electron chi connectivity index (χ4n) is 3.00. The van der Waals surface area contributed by atoms with Crippen LogP contribution in [0.3, 0.4) is 0 Å². The molecule has 0 spiro atoms. The number of rotatable bonds is 7. The van der Waals surface area contributed by atoms with Gasteiger partial charge in [-0.15, -0.1) is 0 Å². The molecule has 1 saturated heterocycles. The van der Waals surface area contributed by atoms with Gasteiger partial charge in [0.1, 0.15) is 5.82 Å².